The van der Waals surface area contributed by atoms with E-state index in [0.717, 1.165) is 24.1 Å². The van der Waals surface area contributed by atoms with Crippen molar-refractivity contribution in [2.45, 2.75) is 18.9 Å². The second kappa shape index (κ2) is 11.1. The quantitative estimate of drug-likeness (QED) is 0.522. The molecule has 3 aromatic carbocycles. The first-order valence-electron chi connectivity index (χ1n) is 10.5. The van der Waals surface area contributed by atoms with Crippen LogP contribution in [0.25, 0.3) is 0 Å². The number of nitrogens with zero attached hydrogens (tertiary/aromatic N) is 1. The molecule has 0 spiro atoms. The van der Waals surface area contributed by atoms with Gasteiger partial charge >= 0.3 is 0 Å². The minimum Gasteiger partial charge on any atom is -0.493 e. The maximum atomic E-state index is 13.0. The van der Waals surface area contributed by atoms with Crippen LogP contribution in [0.3, 0.4) is 0 Å². The van der Waals surface area contributed by atoms with Gasteiger partial charge in [0.1, 0.15) is 6.04 Å². The number of rotatable bonds is 10. The van der Waals surface area contributed by atoms with Crippen molar-refractivity contribution in [3.63, 3.8) is 0 Å². The zero-order valence-electron chi connectivity index (χ0n) is 18.4. The molecule has 0 radical (unpaired) electrons. The van der Waals surface area contributed by atoms with E-state index in [-0.39, 0.29) is 5.91 Å². The molecule has 0 aromatic heterocycles. The Labute approximate surface area is 184 Å². The number of aryl methyl sites for hydroxylation is 1. The van der Waals surface area contributed by atoms with Crippen molar-refractivity contribution in [3.8, 4) is 11.5 Å². The van der Waals surface area contributed by atoms with Gasteiger partial charge in [-0.3, -0.25) is 4.79 Å². The van der Waals surface area contributed by atoms with Crippen LogP contribution in [-0.2, 0) is 11.2 Å². The summed E-state index contributed by atoms with van der Waals surface area (Å²) in [5, 5.41) is 2.84. The molecule has 0 saturated carbocycles. The molecule has 0 aliphatic rings. The summed E-state index contributed by atoms with van der Waals surface area (Å²) >= 11 is 0. The van der Waals surface area contributed by atoms with Crippen LogP contribution in [0.15, 0.2) is 78.9 Å². The van der Waals surface area contributed by atoms with Crippen LogP contribution >= 0.6 is 0 Å². The molecule has 5 heteroatoms. The Morgan fingerprint density at radius 3 is 2.16 bits per heavy atom. The van der Waals surface area contributed by atoms with E-state index in [1.54, 1.807) is 21.3 Å². The molecule has 0 fully saturated rings. The number of nitrogens with one attached hydrogen (secondary N) is 1. The molecule has 3 aromatic rings. The predicted octanol–water partition coefficient (Wildman–Crippen LogP) is 4.63. The van der Waals surface area contributed by atoms with E-state index in [9.17, 15) is 4.79 Å². The molecule has 0 aliphatic heterocycles. The molecule has 1 amide bonds. The Bertz CT molecular complexity index is 961. The van der Waals surface area contributed by atoms with Gasteiger partial charge in [0.25, 0.3) is 0 Å². The summed E-state index contributed by atoms with van der Waals surface area (Å²) < 4.78 is 10.9. The maximum absolute atomic E-state index is 13.0. The fourth-order valence-electron chi connectivity index (χ4n) is 3.75. The van der Waals surface area contributed by atoms with Gasteiger partial charge in [0, 0.05) is 25.3 Å². The molecule has 0 saturated heterocycles. The number of carbonyl (C=O) groups excluding carboxylic acids is 1. The summed E-state index contributed by atoms with van der Waals surface area (Å²) in [6, 6.07) is 25.6. The number of benzene rings is 3. The molecule has 5 nitrogen and oxygen atoms in total. The first-order chi connectivity index (χ1) is 15.2. The van der Waals surface area contributed by atoms with Crippen molar-refractivity contribution in [2.75, 3.05) is 32.7 Å². The third-order valence-corrected chi connectivity index (χ3v) is 5.33. The highest BCUT2D eigenvalue weighted by molar-refractivity contribution is 5.86. The fourth-order valence-corrected chi connectivity index (χ4v) is 3.75. The zero-order chi connectivity index (χ0) is 22.1. The van der Waals surface area contributed by atoms with E-state index in [2.05, 4.69) is 34.5 Å². The third kappa shape index (κ3) is 5.57. The summed E-state index contributed by atoms with van der Waals surface area (Å²) in [5.41, 5.74) is 3.13. The number of methoxy groups -OCH3 is 2. The number of amides is 1. The number of ether oxygens (including phenoxy) is 2. The monoisotopic (exact) mass is 418 g/mol. The molecule has 0 heterocycles. The minimum absolute atomic E-state index is 0.0549. The Hall–Kier alpha value is -3.47. The molecule has 0 unspecified atom stereocenters. The normalized spacial score (nSPS) is 11.5. The Balaban J connectivity index is 1.96. The van der Waals surface area contributed by atoms with Gasteiger partial charge in [-0.15, -0.1) is 0 Å². The molecule has 0 bridgehead atoms. The van der Waals surface area contributed by atoms with E-state index in [0.29, 0.717) is 18.0 Å². The van der Waals surface area contributed by atoms with Crippen molar-refractivity contribution in [3.05, 3.63) is 90.0 Å². The average molecular weight is 419 g/mol. The zero-order valence-corrected chi connectivity index (χ0v) is 18.4. The molecule has 1 atom stereocenters. The number of anilines is 1. The highest BCUT2D eigenvalue weighted by atomic mass is 16.5. The Morgan fingerprint density at radius 1 is 0.903 bits per heavy atom. The third-order valence-electron chi connectivity index (χ3n) is 5.33. The number of likely N-dealkylation sites (N-methyl/N-ethyl adjacent to an activating group) is 1. The van der Waals surface area contributed by atoms with Gasteiger partial charge in [0.15, 0.2) is 11.5 Å². The van der Waals surface area contributed by atoms with Crippen LogP contribution < -0.4 is 19.7 Å². The molecule has 1 N–H and O–H groups in total. The molecule has 162 valence electrons. The van der Waals surface area contributed by atoms with Crippen LogP contribution in [0.2, 0.25) is 0 Å². The van der Waals surface area contributed by atoms with E-state index in [1.807, 2.05) is 54.6 Å². The average Bonchev–Trinajstić information content (AvgIpc) is 2.84. The lowest BCUT2D eigenvalue weighted by molar-refractivity contribution is -0.122. The number of hydrogen-bond acceptors (Lipinski definition) is 4. The van der Waals surface area contributed by atoms with Gasteiger partial charge < -0.3 is 19.7 Å². The first-order valence-corrected chi connectivity index (χ1v) is 10.5. The molecule has 0 aliphatic carbocycles. The largest absolute Gasteiger partial charge is 0.493 e. The van der Waals surface area contributed by atoms with E-state index in [4.69, 9.17) is 9.47 Å². The van der Waals surface area contributed by atoms with Crippen molar-refractivity contribution >= 4 is 11.6 Å². The van der Waals surface area contributed by atoms with Crippen molar-refractivity contribution in [2.24, 2.45) is 0 Å². The second-order valence-corrected chi connectivity index (χ2v) is 7.25. The summed E-state index contributed by atoms with van der Waals surface area (Å²) in [7, 11) is 4.91. The molecule has 3 rings (SSSR count). The summed E-state index contributed by atoms with van der Waals surface area (Å²) in [6.45, 7) is 0.706. The van der Waals surface area contributed by atoms with Gasteiger partial charge in [-0.2, -0.15) is 0 Å². The van der Waals surface area contributed by atoms with Crippen molar-refractivity contribution in [1.29, 1.82) is 0 Å². The lowest BCUT2D eigenvalue weighted by Crippen LogP contribution is -2.40. The molecule has 31 heavy (non-hydrogen) atoms. The summed E-state index contributed by atoms with van der Waals surface area (Å²) in [5.74, 6) is 1.24. The van der Waals surface area contributed by atoms with Crippen LogP contribution in [0.5, 0.6) is 11.5 Å². The van der Waals surface area contributed by atoms with Gasteiger partial charge in [0.05, 0.1) is 14.2 Å². The Morgan fingerprint density at radius 2 is 1.55 bits per heavy atom. The van der Waals surface area contributed by atoms with Crippen molar-refractivity contribution < 1.29 is 14.3 Å². The van der Waals surface area contributed by atoms with Crippen molar-refractivity contribution in [1.82, 2.24) is 5.32 Å². The topological polar surface area (TPSA) is 50.8 Å². The molecular formula is C26H30N2O3. The fraction of sp³-hybridized carbons (Fsp3) is 0.269. The molecular weight excluding hydrogens is 388 g/mol. The van der Waals surface area contributed by atoms with E-state index < -0.39 is 6.04 Å². The van der Waals surface area contributed by atoms with Gasteiger partial charge in [-0.05, 0) is 36.1 Å². The van der Waals surface area contributed by atoms with Crippen LogP contribution in [0.4, 0.5) is 5.69 Å². The number of hydrogen-bond donors (Lipinski definition) is 1. The summed E-state index contributed by atoms with van der Waals surface area (Å²) in [6.07, 6.45) is 1.83. The highest BCUT2D eigenvalue weighted by Gasteiger charge is 2.27. The lowest BCUT2D eigenvalue weighted by atomic mass is 10.0. The highest BCUT2D eigenvalue weighted by Crippen LogP contribution is 2.35. The lowest BCUT2D eigenvalue weighted by Gasteiger charge is -2.33. The van der Waals surface area contributed by atoms with Crippen LogP contribution in [0.1, 0.15) is 23.6 Å². The van der Waals surface area contributed by atoms with Gasteiger partial charge in [-0.1, -0.05) is 60.7 Å². The maximum Gasteiger partial charge on any atom is 0.247 e. The number of carbonyl (C=O) groups is 1. The van der Waals surface area contributed by atoms with Gasteiger partial charge in [0.2, 0.25) is 5.91 Å². The van der Waals surface area contributed by atoms with Crippen LogP contribution in [0, 0.1) is 0 Å². The van der Waals surface area contributed by atoms with Crippen LogP contribution in [-0.4, -0.2) is 33.7 Å². The standard InChI is InChI=1S/C26H30N2O3/c1-27-26(29)25(21-14-8-5-9-15-21)28(18-10-13-20-11-6-4-7-12-20)22-16-17-23(30-2)24(19-22)31-3/h4-9,11-12,14-17,19,25H,10,13,18H2,1-3H3,(H,27,29)/t25-/m1/s1. The van der Waals surface area contributed by atoms with E-state index >= 15 is 0 Å². The summed E-state index contributed by atoms with van der Waals surface area (Å²) in [4.78, 5) is 15.2. The van der Waals surface area contributed by atoms with Gasteiger partial charge in [-0.25, -0.2) is 0 Å². The first kappa shape index (κ1) is 22.2. The minimum atomic E-state index is -0.458. The van der Waals surface area contributed by atoms with E-state index in [1.165, 1.54) is 5.56 Å². The smallest absolute Gasteiger partial charge is 0.247 e. The Kier molecular flexibility index (Phi) is 7.93. The predicted molar refractivity (Wildman–Crippen MR) is 125 cm³/mol. The second-order valence-electron chi connectivity index (χ2n) is 7.25. The SMILES string of the molecule is CNC(=O)[C@@H](c1ccccc1)N(CCCc1ccccc1)c1ccc(OC)c(OC)c1.